The van der Waals surface area contributed by atoms with Crippen molar-refractivity contribution in [3.05, 3.63) is 59.7 Å². The topological polar surface area (TPSA) is 124 Å². The Labute approximate surface area is 171 Å². The molecule has 2 aromatic carbocycles. The molecule has 30 heavy (non-hydrogen) atoms. The maximum atomic E-state index is 11.6. The zero-order chi connectivity index (χ0) is 21.9. The predicted molar refractivity (Wildman–Crippen MR) is 99.5 cm³/mol. The van der Waals surface area contributed by atoms with Crippen molar-refractivity contribution in [3.63, 3.8) is 0 Å². The number of hydrogen-bond donors (Lipinski definition) is 0. The quantitative estimate of drug-likeness (QED) is 0.287. The number of ether oxygens (including phenoxy) is 6. The molecule has 0 radical (unpaired) electrons. The molecule has 10 heteroatoms. The molecule has 0 aliphatic carbocycles. The van der Waals surface area contributed by atoms with Gasteiger partial charge in [-0.05, 0) is 48.5 Å². The molecular formula is C20H18O10. The van der Waals surface area contributed by atoms with Gasteiger partial charge in [0.2, 0.25) is 0 Å². The Morgan fingerprint density at radius 1 is 0.600 bits per heavy atom. The average Bonchev–Trinajstić information content (AvgIpc) is 2.76. The van der Waals surface area contributed by atoms with Gasteiger partial charge in [-0.3, -0.25) is 0 Å². The van der Waals surface area contributed by atoms with Crippen molar-refractivity contribution in [2.45, 2.75) is 0 Å². The van der Waals surface area contributed by atoms with Crippen molar-refractivity contribution in [1.82, 2.24) is 0 Å². The van der Waals surface area contributed by atoms with Crippen LogP contribution in [0.3, 0.4) is 0 Å². The minimum Gasteiger partial charge on any atom is -0.465 e. The maximum absolute atomic E-state index is 11.6. The zero-order valence-electron chi connectivity index (χ0n) is 16.1. The Bertz CT molecular complexity index is 811. The normalized spacial score (nSPS) is 9.80. The summed E-state index contributed by atoms with van der Waals surface area (Å²) >= 11 is 0. The Morgan fingerprint density at radius 2 is 0.933 bits per heavy atom. The number of carbonyl (C=O) groups excluding carboxylic acids is 4. The standard InChI is InChI=1S/C20H18O10/c1-25-17(21)13-3-7-15(8-4-13)29-19(23)27-11-12-28-20(24)30-16-9-5-14(6-10-16)18(22)26-2/h3-10H,11-12H2,1-2H3. The monoisotopic (exact) mass is 418 g/mol. The van der Waals surface area contributed by atoms with Gasteiger partial charge in [0.05, 0.1) is 25.3 Å². The smallest absolute Gasteiger partial charge is 0.465 e. The van der Waals surface area contributed by atoms with Gasteiger partial charge < -0.3 is 28.4 Å². The molecule has 0 spiro atoms. The summed E-state index contributed by atoms with van der Waals surface area (Å²) in [7, 11) is 2.51. The van der Waals surface area contributed by atoms with E-state index in [9.17, 15) is 19.2 Å². The lowest BCUT2D eigenvalue weighted by molar-refractivity contribution is 0.0541. The molecule has 2 aromatic rings. The van der Waals surface area contributed by atoms with Gasteiger partial charge in [-0.1, -0.05) is 0 Å². The van der Waals surface area contributed by atoms with Crippen molar-refractivity contribution in [2.75, 3.05) is 27.4 Å². The minimum absolute atomic E-state index is 0.156. The summed E-state index contributed by atoms with van der Waals surface area (Å²) in [5.74, 6) is -0.730. The van der Waals surface area contributed by atoms with Crippen molar-refractivity contribution in [2.24, 2.45) is 0 Å². The Balaban J connectivity index is 1.67. The minimum atomic E-state index is -1.02. The van der Waals surface area contributed by atoms with Crippen LogP contribution in [0.2, 0.25) is 0 Å². The Morgan fingerprint density at radius 3 is 1.23 bits per heavy atom. The summed E-state index contributed by atoms with van der Waals surface area (Å²) in [6, 6.07) is 11.3. The van der Waals surface area contributed by atoms with Crippen molar-refractivity contribution < 1.29 is 47.6 Å². The number of methoxy groups -OCH3 is 2. The first-order valence-electron chi connectivity index (χ1n) is 8.49. The first-order chi connectivity index (χ1) is 14.4. The van der Waals surface area contributed by atoms with Gasteiger partial charge in [0, 0.05) is 0 Å². The van der Waals surface area contributed by atoms with Gasteiger partial charge in [-0.2, -0.15) is 0 Å². The van der Waals surface area contributed by atoms with Crippen LogP contribution in [-0.4, -0.2) is 51.7 Å². The van der Waals surface area contributed by atoms with Crippen LogP contribution in [-0.2, 0) is 18.9 Å². The third-order valence-electron chi connectivity index (χ3n) is 3.48. The SMILES string of the molecule is COC(=O)c1ccc(OC(=O)OCCOC(=O)Oc2ccc(C(=O)OC)cc2)cc1. The van der Waals surface area contributed by atoms with Gasteiger partial charge in [0.1, 0.15) is 24.7 Å². The van der Waals surface area contributed by atoms with Crippen molar-refractivity contribution >= 4 is 24.2 Å². The number of hydrogen-bond acceptors (Lipinski definition) is 10. The van der Waals surface area contributed by atoms with Gasteiger partial charge >= 0.3 is 24.2 Å². The first kappa shape index (κ1) is 22.2. The molecule has 0 aliphatic heterocycles. The molecule has 0 N–H and O–H groups in total. The summed E-state index contributed by atoms with van der Waals surface area (Å²) in [5.41, 5.74) is 0.593. The molecule has 10 nitrogen and oxygen atoms in total. The Hall–Kier alpha value is -4.08. The lowest BCUT2D eigenvalue weighted by atomic mass is 10.2. The fourth-order valence-corrected chi connectivity index (χ4v) is 2.06. The summed E-state index contributed by atoms with van der Waals surface area (Å²) in [5, 5.41) is 0. The van der Waals surface area contributed by atoms with E-state index in [4.69, 9.17) is 18.9 Å². The van der Waals surface area contributed by atoms with Gasteiger partial charge in [0.15, 0.2) is 0 Å². The van der Waals surface area contributed by atoms with Crippen LogP contribution in [0.15, 0.2) is 48.5 Å². The fraction of sp³-hybridized carbons (Fsp3) is 0.200. The number of esters is 2. The largest absolute Gasteiger partial charge is 0.513 e. The van der Waals surface area contributed by atoms with Crippen LogP contribution in [0, 0.1) is 0 Å². The second-order valence-electron chi connectivity index (χ2n) is 5.43. The van der Waals surface area contributed by atoms with Crippen LogP contribution in [0.25, 0.3) is 0 Å². The van der Waals surface area contributed by atoms with Crippen LogP contribution in [0.5, 0.6) is 11.5 Å². The number of rotatable bonds is 7. The molecule has 158 valence electrons. The maximum Gasteiger partial charge on any atom is 0.513 e. The van der Waals surface area contributed by atoms with Crippen LogP contribution >= 0.6 is 0 Å². The molecule has 0 amide bonds. The van der Waals surface area contributed by atoms with E-state index in [0.717, 1.165) is 0 Å². The highest BCUT2D eigenvalue weighted by Gasteiger charge is 2.11. The van der Waals surface area contributed by atoms with Crippen LogP contribution in [0.4, 0.5) is 9.59 Å². The van der Waals surface area contributed by atoms with Gasteiger partial charge in [-0.15, -0.1) is 0 Å². The second kappa shape index (κ2) is 11.1. The Kier molecular flexibility index (Phi) is 8.18. The van der Waals surface area contributed by atoms with Crippen molar-refractivity contribution in [1.29, 1.82) is 0 Å². The highest BCUT2D eigenvalue weighted by Crippen LogP contribution is 2.14. The molecule has 0 aliphatic rings. The summed E-state index contributed by atoms with van der Waals surface area (Å²) in [6.45, 7) is -0.537. The molecule has 0 saturated carbocycles. The van der Waals surface area contributed by atoms with Gasteiger partial charge in [0.25, 0.3) is 0 Å². The highest BCUT2D eigenvalue weighted by molar-refractivity contribution is 5.90. The van der Waals surface area contributed by atoms with Crippen LogP contribution in [0.1, 0.15) is 20.7 Å². The van der Waals surface area contributed by atoms with Gasteiger partial charge in [-0.25, -0.2) is 19.2 Å². The van der Waals surface area contributed by atoms with E-state index < -0.39 is 24.2 Å². The van der Waals surface area contributed by atoms with Crippen molar-refractivity contribution in [3.8, 4) is 11.5 Å². The van der Waals surface area contributed by atoms with E-state index in [1.165, 1.54) is 62.8 Å². The molecule has 0 bridgehead atoms. The summed E-state index contributed by atoms with van der Waals surface area (Å²) in [4.78, 5) is 45.8. The third kappa shape index (κ3) is 6.82. The summed E-state index contributed by atoms with van der Waals surface area (Å²) in [6.07, 6.45) is -2.03. The first-order valence-corrected chi connectivity index (χ1v) is 8.49. The van der Waals surface area contributed by atoms with E-state index in [2.05, 4.69) is 9.47 Å². The zero-order valence-corrected chi connectivity index (χ0v) is 16.1. The fourth-order valence-electron chi connectivity index (χ4n) is 2.06. The third-order valence-corrected chi connectivity index (χ3v) is 3.48. The van der Waals surface area contributed by atoms with E-state index in [-0.39, 0.29) is 24.7 Å². The predicted octanol–water partition coefficient (Wildman–Crippen LogP) is 2.99. The highest BCUT2D eigenvalue weighted by atomic mass is 16.7. The molecule has 0 unspecified atom stereocenters. The second-order valence-corrected chi connectivity index (χ2v) is 5.43. The molecular weight excluding hydrogens is 400 g/mol. The van der Waals surface area contributed by atoms with Crippen LogP contribution < -0.4 is 9.47 Å². The molecule has 0 fully saturated rings. The van der Waals surface area contributed by atoms with E-state index in [1.807, 2.05) is 0 Å². The molecule has 0 aromatic heterocycles. The lowest BCUT2D eigenvalue weighted by Gasteiger charge is -2.08. The van der Waals surface area contributed by atoms with E-state index in [0.29, 0.717) is 11.1 Å². The number of benzene rings is 2. The van der Waals surface area contributed by atoms with E-state index >= 15 is 0 Å². The molecule has 0 heterocycles. The number of carbonyl (C=O) groups is 4. The van der Waals surface area contributed by atoms with E-state index in [1.54, 1.807) is 0 Å². The average molecular weight is 418 g/mol. The molecule has 2 rings (SSSR count). The molecule has 0 saturated heterocycles. The molecule has 0 atom stereocenters. The summed E-state index contributed by atoms with van der Waals surface area (Å²) < 4.78 is 28.4. The lowest BCUT2D eigenvalue weighted by Crippen LogP contribution is -2.18.